The van der Waals surface area contributed by atoms with E-state index in [4.69, 9.17) is 22.1 Å². The lowest BCUT2D eigenvalue weighted by Gasteiger charge is -2.37. The van der Waals surface area contributed by atoms with Gasteiger partial charge < -0.3 is 20.1 Å². The number of nitrogens with zero attached hydrogens (tertiary/aromatic N) is 1. The normalized spacial score (nSPS) is 20.7. The molecule has 0 aromatic heterocycles. The van der Waals surface area contributed by atoms with E-state index in [2.05, 4.69) is 5.32 Å². The SMILES string of the molecule is COC(=O)C1=C(C)N(C2CC2)C(=S)NC1c1ccc(C(=O)O)cc1. The molecule has 1 aromatic rings. The van der Waals surface area contributed by atoms with Gasteiger partial charge in [-0.1, -0.05) is 12.1 Å². The third-order valence-corrected chi connectivity index (χ3v) is 4.65. The van der Waals surface area contributed by atoms with Gasteiger partial charge in [-0.05, 0) is 49.7 Å². The summed E-state index contributed by atoms with van der Waals surface area (Å²) >= 11 is 5.48. The Bertz CT molecular complexity index is 737. The first kappa shape index (κ1) is 16.4. The second-order valence-corrected chi connectivity index (χ2v) is 6.29. The van der Waals surface area contributed by atoms with Crippen molar-refractivity contribution in [1.29, 1.82) is 0 Å². The van der Waals surface area contributed by atoms with Crippen LogP contribution in [0, 0.1) is 0 Å². The molecule has 0 bridgehead atoms. The highest BCUT2D eigenvalue weighted by atomic mass is 32.1. The zero-order chi connectivity index (χ0) is 17.4. The van der Waals surface area contributed by atoms with Gasteiger partial charge in [0.1, 0.15) is 0 Å². The molecule has 1 heterocycles. The number of carboxylic acid groups (broad SMARTS) is 1. The van der Waals surface area contributed by atoms with Gasteiger partial charge in [0, 0.05) is 11.7 Å². The van der Waals surface area contributed by atoms with E-state index in [0.717, 1.165) is 24.1 Å². The first-order chi connectivity index (χ1) is 11.4. The molecule has 3 rings (SSSR count). The third kappa shape index (κ3) is 2.87. The lowest BCUT2D eigenvalue weighted by molar-refractivity contribution is -0.136. The highest BCUT2D eigenvalue weighted by Gasteiger charge is 2.40. The van der Waals surface area contributed by atoms with Gasteiger partial charge in [-0.3, -0.25) is 0 Å². The average molecular weight is 346 g/mol. The number of carbonyl (C=O) groups excluding carboxylic acids is 1. The Morgan fingerprint density at radius 1 is 1.29 bits per heavy atom. The first-order valence-electron chi connectivity index (χ1n) is 7.66. The third-order valence-electron chi connectivity index (χ3n) is 4.33. The number of carboxylic acids is 1. The maximum Gasteiger partial charge on any atom is 0.337 e. The van der Waals surface area contributed by atoms with Crippen LogP contribution in [0.15, 0.2) is 35.5 Å². The lowest BCUT2D eigenvalue weighted by atomic mass is 9.94. The van der Waals surface area contributed by atoms with E-state index in [0.29, 0.717) is 16.7 Å². The number of ether oxygens (including phenoxy) is 1. The Morgan fingerprint density at radius 3 is 2.42 bits per heavy atom. The number of methoxy groups -OCH3 is 1. The summed E-state index contributed by atoms with van der Waals surface area (Å²) in [4.78, 5) is 25.3. The number of esters is 1. The molecule has 1 aliphatic carbocycles. The summed E-state index contributed by atoms with van der Waals surface area (Å²) in [6, 6.07) is 6.28. The zero-order valence-corrected chi connectivity index (χ0v) is 14.2. The van der Waals surface area contributed by atoms with Crippen LogP contribution in [0.25, 0.3) is 0 Å². The van der Waals surface area contributed by atoms with Crippen molar-refractivity contribution in [3.05, 3.63) is 46.7 Å². The Labute approximate surface area is 145 Å². The van der Waals surface area contributed by atoms with Crippen LogP contribution in [0.1, 0.15) is 41.7 Å². The number of nitrogens with one attached hydrogen (secondary N) is 1. The van der Waals surface area contributed by atoms with Crippen molar-refractivity contribution < 1.29 is 19.4 Å². The molecule has 126 valence electrons. The predicted octanol–water partition coefficient (Wildman–Crippen LogP) is 2.23. The van der Waals surface area contributed by atoms with Crippen LogP contribution in [0.5, 0.6) is 0 Å². The topological polar surface area (TPSA) is 78.9 Å². The van der Waals surface area contributed by atoms with Gasteiger partial charge in [0.25, 0.3) is 0 Å². The minimum absolute atomic E-state index is 0.192. The smallest absolute Gasteiger partial charge is 0.337 e. The molecule has 1 atom stereocenters. The molecular weight excluding hydrogens is 328 g/mol. The molecular formula is C17H18N2O4S. The summed E-state index contributed by atoms with van der Waals surface area (Å²) in [5, 5.41) is 12.8. The van der Waals surface area contributed by atoms with Crippen molar-refractivity contribution in [2.45, 2.75) is 31.8 Å². The number of aromatic carboxylic acids is 1. The summed E-state index contributed by atoms with van der Waals surface area (Å²) < 4.78 is 4.96. The number of thiocarbonyl (C=S) groups is 1. The van der Waals surface area contributed by atoms with Crippen LogP contribution in [0.4, 0.5) is 0 Å². The van der Waals surface area contributed by atoms with Crippen molar-refractivity contribution in [3.8, 4) is 0 Å². The zero-order valence-electron chi connectivity index (χ0n) is 13.4. The Morgan fingerprint density at radius 2 is 1.92 bits per heavy atom. The van der Waals surface area contributed by atoms with Crippen LogP contribution in [-0.2, 0) is 9.53 Å². The summed E-state index contributed by atoms with van der Waals surface area (Å²) in [7, 11) is 1.35. The molecule has 0 amide bonds. The molecule has 7 heteroatoms. The molecule has 1 aliphatic heterocycles. The number of allylic oxidation sites excluding steroid dienone is 1. The second-order valence-electron chi connectivity index (χ2n) is 5.90. The van der Waals surface area contributed by atoms with Crippen LogP contribution in [0.2, 0.25) is 0 Å². The van der Waals surface area contributed by atoms with Gasteiger partial charge in [-0.15, -0.1) is 0 Å². The van der Waals surface area contributed by atoms with Crippen molar-refractivity contribution in [1.82, 2.24) is 10.2 Å². The fourth-order valence-corrected chi connectivity index (χ4v) is 3.38. The molecule has 0 radical (unpaired) electrons. The minimum Gasteiger partial charge on any atom is -0.478 e. The molecule has 24 heavy (non-hydrogen) atoms. The Hall–Kier alpha value is -2.41. The highest BCUT2D eigenvalue weighted by molar-refractivity contribution is 7.80. The molecule has 0 saturated heterocycles. The van der Waals surface area contributed by atoms with Crippen molar-refractivity contribution >= 4 is 29.3 Å². The van der Waals surface area contributed by atoms with E-state index in [9.17, 15) is 9.59 Å². The fourth-order valence-electron chi connectivity index (χ4n) is 2.97. The Balaban J connectivity index is 2.03. The van der Waals surface area contributed by atoms with Gasteiger partial charge >= 0.3 is 11.9 Å². The molecule has 0 spiro atoms. The Kier molecular flexibility index (Phi) is 4.28. The van der Waals surface area contributed by atoms with E-state index in [1.54, 1.807) is 12.1 Å². The number of rotatable bonds is 4. The van der Waals surface area contributed by atoms with Gasteiger partial charge in [0.15, 0.2) is 5.11 Å². The standard InChI is InChI=1S/C17H18N2O4S/c1-9-13(16(22)23-2)14(18-17(24)19(9)12-7-8-12)10-3-5-11(6-4-10)15(20)21/h3-6,12,14H,7-8H2,1-2H3,(H,18,24)(H,20,21). The molecule has 6 nitrogen and oxygen atoms in total. The van der Waals surface area contributed by atoms with Crippen molar-refractivity contribution in [3.63, 3.8) is 0 Å². The molecule has 1 aromatic carbocycles. The monoisotopic (exact) mass is 346 g/mol. The maximum atomic E-state index is 12.3. The highest BCUT2D eigenvalue weighted by Crippen LogP contribution is 2.37. The van der Waals surface area contributed by atoms with Gasteiger partial charge in [0.05, 0.1) is 24.3 Å². The van der Waals surface area contributed by atoms with E-state index in [-0.39, 0.29) is 5.56 Å². The number of benzene rings is 1. The quantitative estimate of drug-likeness (QED) is 0.639. The van der Waals surface area contributed by atoms with Crippen LogP contribution >= 0.6 is 12.2 Å². The summed E-state index contributed by atoms with van der Waals surface area (Å²) in [6.45, 7) is 1.87. The molecule has 1 saturated carbocycles. The van der Waals surface area contributed by atoms with E-state index in [1.807, 2.05) is 11.8 Å². The number of carbonyl (C=O) groups is 2. The van der Waals surface area contributed by atoms with E-state index >= 15 is 0 Å². The van der Waals surface area contributed by atoms with Crippen molar-refractivity contribution in [2.75, 3.05) is 7.11 Å². The summed E-state index contributed by atoms with van der Waals surface area (Å²) in [5.74, 6) is -1.41. The molecule has 1 unspecified atom stereocenters. The predicted molar refractivity (Wildman–Crippen MR) is 91.5 cm³/mol. The maximum absolute atomic E-state index is 12.3. The van der Waals surface area contributed by atoms with Gasteiger partial charge in [-0.25, -0.2) is 9.59 Å². The first-order valence-corrected chi connectivity index (χ1v) is 8.07. The minimum atomic E-state index is -0.992. The van der Waals surface area contributed by atoms with E-state index < -0.39 is 18.0 Å². The average Bonchev–Trinajstić information content (AvgIpc) is 3.38. The summed E-state index contributed by atoms with van der Waals surface area (Å²) in [6.07, 6.45) is 2.09. The molecule has 2 aliphatic rings. The number of hydrogen-bond donors (Lipinski definition) is 2. The number of hydrogen-bond acceptors (Lipinski definition) is 4. The van der Waals surface area contributed by atoms with Crippen molar-refractivity contribution in [2.24, 2.45) is 0 Å². The van der Waals surface area contributed by atoms with Crippen LogP contribution < -0.4 is 5.32 Å². The molecule has 1 fully saturated rings. The van der Waals surface area contributed by atoms with E-state index in [1.165, 1.54) is 19.2 Å². The van der Waals surface area contributed by atoms with Gasteiger partial charge in [-0.2, -0.15) is 0 Å². The van der Waals surface area contributed by atoms with Gasteiger partial charge in [0.2, 0.25) is 0 Å². The fraction of sp³-hybridized carbons (Fsp3) is 0.353. The second kappa shape index (κ2) is 6.24. The largest absolute Gasteiger partial charge is 0.478 e. The lowest BCUT2D eigenvalue weighted by Crippen LogP contribution is -2.48. The summed E-state index contributed by atoms with van der Waals surface area (Å²) in [5.41, 5.74) is 2.25. The van der Waals surface area contributed by atoms with Crippen LogP contribution in [-0.4, -0.2) is 40.2 Å². The molecule has 2 N–H and O–H groups in total. The van der Waals surface area contributed by atoms with Crippen LogP contribution in [0.3, 0.4) is 0 Å².